The van der Waals surface area contributed by atoms with Gasteiger partial charge in [-0.05, 0) is 35.1 Å². The SMILES string of the molecule is c1ccc2c(c1)CCN(c1nc(NCCN3CCOCC3)nc(N3CCc4ccccc4C3)n1)C2. The van der Waals surface area contributed by atoms with E-state index < -0.39 is 0 Å². The minimum Gasteiger partial charge on any atom is -0.379 e. The molecule has 4 heterocycles. The molecular weight excluding hydrogens is 438 g/mol. The first-order valence-corrected chi connectivity index (χ1v) is 12.8. The number of hydrogen-bond acceptors (Lipinski definition) is 8. The number of fused-ring (bicyclic) bond motifs is 2. The lowest BCUT2D eigenvalue weighted by atomic mass is 10.0. The fourth-order valence-electron chi connectivity index (χ4n) is 5.20. The van der Waals surface area contributed by atoms with E-state index in [1.807, 2.05) is 0 Å². The van der Waals surface area contributed by atoms with Crippen molar-refractivity contribution < 1.29 is 4.74 Å². The molecular formula is C27H33N7O. The van der Waals surface area contributed by atoms with Gasteiger partial charge in [0.25, 0.3) is 0 Å². The van der Waals surface area contributed by atoms with Crippen LogP contribution in [0.5, 0.6) is 0 Å². The highest BCUT2D eigenvalue weighted by molar-refractivity contribution is 5.49. The van der Waals surface area contributed by atoms with Gasteiger partial charge in [0, 0.05) is 52.4 Å². The van der Waals surface area contributed by atoms with E-state index in [-0.39, 0.29) is 0 Å². The van der Waals surface area contributed by atoms with Crippen molar-refractivity contribution in [3.63, 3.8) is 0 Å². The van der Waals surface area contributed by atoms with Crippen molar-refractivity contribution in [2.45, 2.75) is 25.9 Å². The highest BCUT2D eigenvalue weighted by atomic mass is 16.5. The molecule has 1 saturated heterocycles. The number of morpholine rings is 1. The zero-order valence-corrected chi connectivity index (χ0v) is 20.2. The monoisotopic (exact) mass is 471 g/mol. The summed E-state index contributed by atoms with van der Waals surface area (Å²) in [5.74, 6) is 2.19. The number of anilines is 3. The summed E-state index contributed by atoms with van der Waals surface area (Å²) < 4.78 is 5.47. The molecule has 0 unspecified atom stereocenters. The lowest BCUT2D eigenvalue weighted by Gasteiger charge is -2.32. The lowest BCUT2D eigenvalue weighted by molar-refractivity contribution is 0.0398. The third kappa shape index (κ3) is 5.09. The molecule has 1 N–H and O–H groups in total. The van der Waals surface area contributed by atoms with E-state index in [0.29, 0.717) is 5.95 Å². The van der Waals surface area contributed by atoms with Crippen molar-refractivity contribution in [3.8, 4) is 0 Å². The average Bonchev–Trinajstić information content (AvgIpc) is 2.93. The number of aromatic nitrogens is 3. The summed E-state index contributed by atoms with van der Waals surface area (Å²) in [6, 6.07) is 17.4. The van der Waals surface area contributed by atoms with Crippen LogP contribution in [0.1, 0.15) is 22.3 Å². The zero-order chi connectivity index (χ0) is 23.5. The second kappa shape index (κ2) is 10.2. The lowest BCUT2D eigenvalue weighted by Crippen LogP contribution is -2.39. The summed E-state index contributed by atoms with van der Waals surface area (Å²) in [7, 11) is 0. The Labute approximate surface area is 207 Å². The minimum absolute atomic E-state index is 0.663. The fourth-order valence-corrected chi connectivity index (χ4v) is 5.20. The van der Waals surface area contributed by atoms with E-state index in [0.717, 1.165) is 90.3 Å². The highest BCUT2D eigenvalue weighted by Gasteiger charge is 2.23. The second-order valence-electron chi connectivity index (χ2n) is 9.52. The Hall–Kier alpha value is -3.23. The van der Waals surface area contributed by atoms with Gasteiger partial charge in [-0.15, -0.1) is 0 Å². The third-order valence-corrected chi connectivity index (χ3v) is 7.25. The van der Waals surface area contributed by atoms with Crippen LogP contribution in [0, 0.1) is 0 Å². The van der Waals surface area contributed by atoms with Crippen molar-refractivity contribution >= 4 is 17.8 Å². The van der Waals surface area contributed by atoms with Crippen LogP contribution in [-0.4, -0.2) is 72.3 Å². The number of hydrogen-bond donors (Lipinski definition) is 1. The van der Waals surface area contributed by atoms with Crippen molar-refractivity contribution in [1.29, 1.82) is 0 Å². The van der Waals surface area contributed by atoms with Gasteiger partial charge in [-0.3, -0.25) is 4.90 Å². The molecule has 0 radical (unpaired) electrons. The molecule has 1 aromatic heterocycles. The van der Waals surface area contributed by atoms with Crippen LogP contribution < -0.4 is 15.1 Å². The van der Waals surface area contributed by atoms with Crippen molar-refractivity contribution in [3.05, 3.63) is 70.8 Å². The Kier molecular flexibility index (Phi) is 6.47. The summed E-state index contributed by atoms with van der Waals surface area (Å²) in [6.07, 6.45) is 2.02. The molecule has 0 aliphatic carbocycles. The zero-order valence-electron chi connectivity index (χ0n) is 20.2. The van der Waals surface area contributed by atoms with Gasteiger partial charge >= 0.3 is 0 Å². The molecule has 3 aromatic rings. The van der Waals surface area contributed by atoms with Gasteiger partial charge in [-0.1, -0.05) is 48.5 Å². The predicted octanol–water partition coefficient (Wildman–Crippen LogP) is 2.74. The molecule has 35 heavy (non-hydrogen) atoms. The van der Waals surface area contributed by atoms with Gasteiger partial charge < -0.3 is 19.9 Å². The summed E-state index contributed by atoms with van der Waals surface area (Å²) in [5, 5.41) is 3.49. The molecule has 6 rings (SSSR count). The summed E-state index contributed by atoms with van der Waals surface area (Å²) in [4.78, 5) is 21.7. The standard InChI is InChI=1S/C27H33N7O/c1-3-7-23-19-33(12-9-21(23)5-1)26-29-25(28-11-14-32-15-17-35-18-16-32)30-27(31-26)34-13-10-22-6-2-4-8-24(22)20-34/h1-8H,9-20H2,(H,28,29,30,31). The van der Waals surface area contributed by atoms with Gasteiger partial charge in [0.15, 0.2) is 0 Å². The molecule has 3 aliphatic heterocycles. The molecule has 1 fully saturated rings. The summed E-state index contributed by atoms with van der Waals surface area (Å²) >= 11 is 0. The molecule has 182 valence electrons. The van der Waals surface area contributed by atoms with Crippen molar-refractivity contribution in [2.24, 2.45) is 0 Å². The normalized spacial score (nSPS) is 18.2. The fraction of sp³-hybridized carbons (Fsp3) is 0.444. The third-order valence-electron chi connectivity index (χ3n) is 7.25. The van der Waals surface area contributed by atoms with Crippen LogP contribution in [0.3, 0.4) is 0 Å². The van der Waals surface area contributed by atoms with Gasteiger partial charge in [-0.25, -0.2) is 0 Å². The van der Waals surface area contributed by atoms with Crippen LogP contribution in [0.15, 0.2) is 48.5 Å². The molecule has 8 nitrogen and oxygen atoms in total. The van der Waals surface area contributed by atoms with Crippen LogP contribution in [0.25, 0.3) is 0 Å². The quantitative estimate of drug-likeness (QED) is 0.589. The average molecular weight is 472 g/mol. The summed E-state index contributed by atoms with van der Waals surface area (Å²) in [6.45, 7) is 8.83. The molecule has 0 atom stereocenters. The maximum Gasteiger partial charge on any atom is 0.232 e. The van der Waals surface area contributed by atoms with E-state index in [2.05, 4.69) is 68.5 Å². The Morgan fingerprint density at radius 1 is 0.686 bits per heavy atom. The highest BCUT2D eigenvalue weighted by Crippen LogP contribution is 2.27. The van der Waals surface area contributed by atoms with Gasteiger partial charge in [0.2, 0.25) is 17.8 Å². The minimum atomic E-state index is 0.663. The molecule has 0 spiro atoms. The van der Waals surface area contributed by atoms with E-state index in [1.165, 1.54) is 22.3 Å². The number of nitrogens with zero attached hydrogens (tertiary/aromatic N) is 6. The first-order valence-electron chi connectivity index (χ1n) is 12.8. The Balaban J connectivity index is 1.24. The summed E-state index contributed by atoms with van der Waals surface area (Å²) in [5.41, 5.74) is 5.56. The number of nitrogens with one attached hydrogen (secondary N) is 1. The van der Waals surface area contributed by atoms with Crippen molar-refractivity contribution in [2.75, 3.05) is 67.6 Å². The number of ether oxygens (including phenoxy) is 1. The van der Waals surface area contributed by atoms with Crippen LogP contribution in [0.2, 0.25) is 0 Å². The van der Waals surface area contributed by atoms with Gasteiger partial charge in [0.1, 0.15) is 0 Å². The van der Waals surface area contributed by atoms with E-state index in [1.54, 1.807) is 0 Å². The number of rotatable bonds is 6. The maximum atomic E-state index is 5.47. The van der Waals surface area contributed by atoms with Crippen LogP contribution in [0.4, 0.5) is 17.8 Å². The maximum absolute atomic E-state index is 5.47. The molecule has 0 bridgehead atoms. The van der Waals surface area contributed by atoms with Gasteiger partial charge in [-0.2, -0.15) is 15.0 Å². The molecule has 0 saturated carbocycles. The Morgan fingerprint density at radius 2 is 1.23 bits per heavy atom. The van der Waals surface area contributed by atoms with Gasteiger partial charge in [0.05, 0.1) is 13.2 Å². The largest absolute Gasteiger partial charge is 0.379 e. The van der Waals surface area contributed by atoms with Crippen LogP contribution in [-0.2, 0) is 30.7 Å². The molecule has 8 heteroatoms. The Morgan fingerprint density at radius 3 is 1.80 bits per heavy atom. The van der Waals surface area contributed by atoms with E-state index in [4.69, 9.17) is 19.7 Å². The molecule has 2 aromatic carbocycles. The molecule has 0 amide bonds. The van der Waals surface area contributed by atoms with Crippen molar-refractivity contribution in [1.82, 2.24) is 19.9 Å². The van der Waals surface area contributed by atoms with E-state index >= 15 is 0 Å². The topological polar surface area (TPSA) is 69.7 Å². The predicted molar refractivity (Wildman–Crippen MR) is 138 cm³/mol. The molecule has 3 aliphatic rings. The number of benzene rings is 2. The first kappa shape index (κ1) is 22.2. The van der Waals surface area contributed by atoms with E-state index in [9.17, 15) is 0 Å². The Bertz CT molecular complexity index is 1090. The second-order valence-corrected chi connectivity index (χ2v) is 9.52. The first-order chi connectivity index (χ1) is 17.3. The van der Waals surface area contributed by atoms with Crippen LogP contribution >= 0.6 is 0 Å². The smallest absolute Gasteiger partial charge is 0.232 e.